The van der Waals surface area contributed by atoms with E-state index in [0.29, 0.717) is 0 Å². The van der Waals surface area contributed by atoms with Crippen LogP contribution in [0.2, 0.25) is 0 Å². The van der Waals surface area contributed by atoms with Crippen molar-refractivity contribution in [2.75, 3.05) is 7.05 Å². The SMILES string of the molecule is CN1NC(=S)SC1c1cccc(F)c1. The smallest absolute Gasteiger partial charge is 0.150 e. The predicted octanol–water partition coefficient (Wildman–Crippen LogP) is 2.29. The molecule has 2 nitrogen and oxygen atoms in total. The van der Waals surface area contributed by atoms with Crippen LogP contribution in [0.3, 0.4) is 0 Å². The number of halogens is 1. The molecular formula is C9H9FN2S2. The van der Waals surface area contributed by atoms with E-state index in [2.05, 4.69) is 5.43 Å². The van der Waals surface area contributed by atoms with Crippen molar-refractivity contribution in [3.63, 3.8) is 0 Å². The van der Waals surface area contributed by atoms with Gasteiger partial charge in [-0.1, -0.05) is 36.1 Å². The summed E-state index contributed by atoms with van der Waals surface area (Å²) in [5.41, 5.74) is 3.91. The first kappa shape index (κ1) is 9.89. The molecule has 2 rings (SSSR count). The molecule has 1 atom stereocenters. The molecule has 1 saturated heterocycles. The molecule has 1 aromatic rings. The molecule has 0 bridgehead atoms. The number of hydrazine groups is 1. The molecule has 0 saturated carbocycles. The fraction of sp³-hybridized carbons (Fsp3) is 0.222. The van der Waals surface area contributed by atoms with Crippen LogP contribution in [0.1, 0.15) is 10.9 Å². The van der Waals surface area contributed by atoms with Crippen LogP contribution < -0.4 is 5.43 Å². The molecule has 1 aromatic carbocycles. The standard InChI is InChI=1S/C9H9FN2S2/c1-12-8(14-9(13)11-12)6-3-2-4-7(10)5-6/h2-5,8H,1H3,(H,11,13). The van der Waals surface area contributed by atoms with Gasteiger partial charge in [0, 0.05) is 7.05 Å². The summed E-state index contributed by atoms with van der Waals surface area (Å²) in [6.45, 7) is 0. The van der Waals surface area contributed by atoms with Crippen LogP contribution in [0.5, 0.6) is 0 Å². The van der Waals surface area contributed by atoms with Crippen LogP contribution in [0.4, 0.5) is 4.39 Å². The molecule has 5 heteroatoms. The van der Waals surface area contributed by atoms with Gasteiger partial charge < -0.3 is 5.43 Å². The van der Waals surface area contributed by atoms with Crippen molar-refractivity contribution in [3.05, 3.63) is 35.6 Å². The highest BCUT2D eigenvalue weighted by molar-refractivity contribution is 8.23. The zero-order valence-corrected chi connectivity index (χ0v) is 9.16. The third kappa shape index (κ3) is 1.89. The second-order valence-electron chi connectivity index (χ2n) is 3.04. The van der Waals surface area contributed by atoms with E-state index in [-0.39, 0.29) is 11.2 Å². The summed E-state index contributed by atoms with van der Waals surface area (Å²) in [5.74, 6) is -0.214. The number of rotatable bonds is 1. The lowest BCUT2D eigenvalue weighted by atomic mass is 10.2. The Labute approximate surface area is 91.4 Å². The molecule has 1 heterocycles. The van der Waals surface area contributed by atoms with E-state index in [9.17, 15) is 4.39 Å². The topological polar surface area (TPSA) is 15.3 Å². The molecule has 1 aliphatic rings. The van der Waals surface area contributed by atoms with E-state index < -0.39 is 0 Å². The Kier molecular flexibility index (Phi) is 2.71. The third-order valence-corrected chi connectivity index (χ3v) is 3.47. The Hall–Kier alpha value is -0.650. The van der Waals surface area contributed by atoms with E-state index in [1.807, 2.05) is 18.1 Å². The number of nitrogens with zero attached hydrogens (tertiary/aromatic N) is 1. The van der Waals surface area contributed by atoms with Crippen molar-refractivity contribution in [2.45, 2.75) is 5.37 Å². The van der Waals surface area contributed by atoms with Crippen LogP contribution in [0.25, 0.3) is 0 Å². The van der Waals surface area contributed by atoms with Crippen molar-refractivity contribution in [1.82, 2.24) is 10.4 Å². The fourth-order valence-electron chi connectivity index (χ4n) is 1.36. The Balaban J connectivity index is 2.27. The lowest BCUT2D eigenvalue weighted by molar-refractivity contribution is 0.291. The fourth-order valence-corrected chi connectivity index (χ4v) is 2.67. The Morgan fingerprint density at radius 1 is 1.57 bits per heavy atom. The summed E-state index contributed by atoms with van der Waals surface area (Å²) in [6.07, 6.45) is 0. The lowest BCUT2D eigenvalue weighted by Crippen LogP contribution is -2.29. The summed E-state index contributed by atoms with van der Waals surface area (Å²) in [4.78, 5) is 0. The largest absolute Gasteiger partial charge is 0.303 e. The van der Waals surface area contributed by atoms with Gasteiger partial charge in [0.2, 0.25) is 0 Å². The van der Waals surface area contributed by atoms with Crippen LogP contribution >= 0.6 is 24.0 Å². The molecule has 1 aliphatic heterocycles. The molecular weight excluding hydrogens is 219 g/mol. The highest BCUT2D eigenvalue weighted by atomic mass is 32.2. The van der Waals surface area contributed by atoms with Crippen molar-refractivity contribution >= 4 is 28.3 Å². The van der Waals surface area contributed by atoms with E-state index in [1.54, 1.807) is 6.07 Å². The minimum Gasteiger partial charge on any atom is -0.303 e. The molecule has 0 spiro atoms. The Bertz CT molecular complexity index is 370. The first-order chi connectivity index (χ1) is 6.66. The molecule has 74 valence electrons. The lowest BCUT2D eigenvalue weighted by Gasteiger charge is -2.17. The van der Waals surface area contributed by atoms with Crippen LogP contribution in [-0.4, -0.2) is 16.4 Å². The Morgan fingerprint density at radius 3 is 2.93 bits per heavy atom. The number of thioether (sulfide) groups is 1. The number of benzene rings is 1. The summed E-state index contributed by atoms with van der Waals surface area (Å²) in [7, 11) is 1.89. The maximum absolute atomic E-state index is 13.0. The molecule has 14 heavy (non-hydrogen) atoms. The van der Waals surface area contributed by atoms with Gasteiger partial charge in [-0.05, 0) is 17.7 Å². The maximum atomic E-state index is 13.0. The minimum atomic E-state index is -0.214. The summed E-state index contributed by atoms with van der Waals surface area (Å²) in [5, 5.41) is 1.94. The van der Waals surface area contributed by atoms with Gasteiger partial charge in [-0.2, -0.15) is 0 Å². The molecule has 0 aromatic heterocycles. The summed E-state index contributed by atoms with van der Waals surface area (Å²) in [6, 6.07) is 6.58. The average Bonchev–Trinajstić information content (AvgIpc) is 2.45. The van der Waals surface area contributed by atoms with Gasteiger partial charge in [-0.25, -0.2) is 9.40 Å². The maximum Gasteiger partial charge on any atom is 0.150 e. The quantitative estimate of drug-likeness (QED) is 0.741. The molecule has 0 amide bonds. The average molecular weight is 228 g/mol. The Morgan fingerprint density at radius 2 is 2.36 bits per heavy atom. The molecule has 1 fully saturated rings. The number of nitrogens with one attached hydrogen (secondary N) is 1. The van der Waals surface area contributed by atoms with Gasteiger partial charge >= 0.3 is 0 Å². The third-order valence-electron chi connectivity index (χ3n) is 1.97. The second-order valence-corrected chi connectivity index (χ2v) is 4.79. The van der Waals surface area contributed by atoms with Crippen LogP contribution in [0.15, 0.2) is 24.3 Å². The van der Waals surface area contributed by atoms with E-state index in [1.165, 1.54) is 23.9 Å². The van der Waals surface area contributed by atoms with Crippen molar-refractivity contribution in [2.24, 2.45) is 0 Å². The summed E-state index contributed by atoms with van der Waals surface area (Å²) < 4.78 is 13.7. The van der Waals surface area contributed by atoms with Crippen molar-refractivity contribution < 1.29 is 4.39 Å². The normalized spacial score (nSPS) is 22.4. The first-order valence-corrected chi connectivity index (χ1v) is 5.41. The van der Waals surface area contributed by atoms with Gasteiger partial charge in [-0.15, -0.1) is 0 Å². The van der Waals surface area contributed by atoms with E-state index in [0.717, 1.165) is 9.88 Å². The van der Waals surface area contributed by atoms with Gasteiger partial charge in [0.25, 0.3) is 0 Å². The molecule has 0 radical (unpaired) electrons. The van der Waals surface area contributed by atoms with Gasteiger partial charge in [0.05, 0.1) is 0 Å². The first-order valence-electron chi connectivity index (χ1n) is 4.12. The van der Waals surface area contributed by atoms with Crippen LogP contribution in [-0.2, 0) is 0 Å². The van der Waals surface area contributed by atoms with E-state index >= 15 is 0 Å². The number of hydrogen-bond donors (Lipinski definition) is 1. The summed E-state index contributed by atoms with van der Waals surface area (Å²) >= 11 is 6.54. The molecule has 1 N–H and O–H groups in total. The zero-order valence-electron chi connectivity index (χ0n) is 7.53. The van der Waals surface area contributed by atoms with E-state index in [4.69, 9.17) is 12.2 Å². The van der Waals surface area contributed by atoms with Gasteiger partial charge in [0.15, 0.2) is 0 Å². The van der Waals surface area contributed by atoms with Crippen LogP contribution in [0, 0.1) is 5.82 Å². The molecule has 0 aliphatic carbocycles. The highest BCUT2D eigenvalue weighted by Gasteiger charge is 2.26. The predicted molar refractivity (Wildman–Crippen MR) is 60.2 cm³/mol. The molecule has 1 unspecified atom stereocenters. The van der Waals surface area contributed by atoms with Gasteiger partial charge in [-0.3, -0.25) is 0 Å². The zero-order chi connectivity index (χ0) is 10.1. The van der Waals surface area contributed by atoms with Gasteiger partial charge in [0.1, 0.15) is 15.5 Å². The van der Waals surface area contributed by atoms with Crippen molar-refractivity contribution in [1.29, 1.82) is 0 Å². The monoisotopic (exact) mass is 228 g/mol. The van der Waals surface area contributed by atoms with Crippen molar-refractivity contribution in [3.8, 4) is 0 Å². The number of thiocarbonyl (C=S) groups is 1. The number of hydrogen-bond acceptors (Lipinski definition) is 3. The second kappa shape index (κ2) is 3.84. The highest BCUT2D eigenvalue weighted by Crippen LogP contribution is 2.35. The minimum absolute atomic E-state index is 0.0678.